The van der Waals surface area contributed by atoms with E-state index < -0.39 is 24.0 Å². The van der Waals surface area contributed by atoms with Gasteiger partial charge in [0, 0.05) is 12.6 Å². The van der Waals surface area contributed by atoms with Crippen molar-refractivity contribution in [2.45, 2.75) is 20.0 Å². The number of carbonyl (C=O) groups is 3. The minimum Gasteiger partial charge on any atom is -0.448 e. The zero-order chi connectivity index (χ0) is 20.8. The number of benzene rings is 1. The summed E-state index contributed by atoms with van der Waals surface area (Å²) in [6.07, 6.45) is -1.16. The first-order chi connectivity index (χ1) is 14.0. The Morgan fingerprint density at radius 3 is 2.59 bits per heavy atom. The van der Waals surface area contributed by atoms with E-state index in [4.69, 9.17) is 4.74 Å². The average Bonchev–Trinajstić information content (AvgIpc) is 3.38. The fourth-order valence-electron chi connectivity index (χ4n) is 2.53. The van der Waals surface area contributed by atoms with Crippen molar-refractivity contribution in [1.82, 2.24) is 20.4 Å². The molecule has 0 aliphatic heterocycles. The van der Waals surface area contributed by atoms with Crippen LogP contribution in [0.3, 0.4) is 0 Å². The van der Waals surface area contributed by atoms with Crippen LogP contribution in [-0.4, -0.2) is 40.3 Å². The zero-order valence-corrected chi connectivity index (χ0v) is 16.7. The van der Waals surface area contributed by atoms with E-state index in [1.165, 1.54) is 22.9 Å². The molecular weight excluding hydrogens is 392 g/mol. The summed E-state index contributed by atoms with van der Waals surface area (Å²) in [5, 5.41) is 11.0. The van der Waals surface area contributed by atoms with E-state index in [1.807, 2.05) is 47.8 Å². The molecule has 0 radical (unpaired) electrons. The van der Waals surface area contributed by atoms with E-state index >= 15 is 0 Å². The second kappa shape index (κ2) is 9.16. The lowest BCUT2D eigenvalue weighted by Gasteiger charge is -2.13. The van der Waals surface area contributed by atoms with E-state index in [9.17, 15) is 14.4 Å². The van der Waals surface area contributed by atoms with Gasteiger partial charge in [0.15, 0.2) is 11.8 Å². The quantitative estimate of drug-likeness (QED) is 0.606. The summed E-state index contributed by atoms with van der Waals surface area (Å²) >= 11 is 1.50. The van der Waals surface area contributed by atoms with E-state index in [1.54, 1.807) is 13.0 Å². The Labute approximate surface area is 171 Å². The van der Waals surface area contributed by atoms with Crippen molar-refractivity contribution in [2.24, 2.45) is 0 Å². The first-order valence-corrected chi connectivity index (χ1v) is 9.86. The third-order valence-electron chi connectivity index (χ3n) is 3.92. The van der Waals surface area contributed by atoms with Crippen molar-refractivity contribution in [3.63, 3.8) is 0 Å². The lowest BCUT2D eigenvalue weighted by molar-refractivity contribution is -0.127. The molecule has 29 heavy (non-hydrogen) atoms. The predicted molar refractivity (Wildman–Crippen MR) is 109 cm³/mol. The van der Waals surface area contributed by atoms with E-state index in [0.717, 1.165) is 4.88 Å². The number of carbonyl (C=O) groups excluding carboxylic acids is 3. The maximum atomic E-state index is 12.8. The second-order valence-corrected chi connectivity index (χ2v) is 6.98. The lowest BCUT2D eigenvalue weighted by Crippen LogP contribution is -2.44. The van der Waals surface area contributed by atoms with E-state index in [-0.39, 0.29) is 5.69 Å². The predicted octanol–water partition coefficient (Wildman–Crippen LogP) is 2.99. The van der Waals surface area contributed by atoms with Crippen LogP contribution in [0.15, 0.2) is 53.9 Å². The van der Waals surface area contributed by atoms with Gasteiger partial charge in [-0.2, -0.15) is 5.10 Å². The minimum atomic E-state index is -1.16. The van der Waals surface area contributed by atoms with Crippen LogP contribution in [0.4, 0.5) is 4.79 Å². The smallest absolute Gasteiger partial charge is 0.357 e. The monoisotopic (exact) mass is 412 g/mol. The van der Waals surface area contributed by atoms with E-state index in [0.29, 0.717) is 17.9 Å². The van der Waals surface area contributed by atoms with Gasteiger partial charge in [0.2, 0.25) is 0 Å². The fourth-order valence-corrected chi connectivity index (χ4v) is 3.21. The summed E-state index contributed by atoms with van der Waals surface area (Å²) in [6.45, 7) is 3.49. The summed E-state index contributed by atoms with van der Waals surface area (Å²) in [5.41, 5.74) is 1.48. The highest BCUT2D eigenvalue weighted by Crippen LogP contribution is 2.26. The van der Waals surface area contributed by atoms with E-state index in [2.05, 4.69) is 15.7 Å². The Morgan fingerprint density at radius 2 is 1.93 bits per heavy atom. The number of imide groups is 1. The van der Waals surface area contributed by atoms with Crippen LogP contribution >= 0.6 is 11.3 Å². The van der Waals surface area contributed by atoms with Gasteiger partial charge in [0.1, 0.15) is 5.69 Å². The number of hydrogen-bond donors (Lipinski definition) is 2. The molecule has 0 fully saturated rings. The molecule has 3 rings (SSSR count). The van der Waals surface area contributed by atoms with Crippen molar-refractivity contribution < 1.29 is 19.1 Å². The molecule has 150 valence electrons. The molecule has 0 saturated carbocycles. The first-order valence-electron chi connectivity index (χ1n) is 8.98. The number of aromatic nitrogens is 2. The molecule has 2 N–H and O–H groups in total. The molecule has 0 bridgehead atoms. The van der Waals surface area contributed by atoms with Crippen molar-refractivity contribution in [1.29, 1.82) is 0 Å². The number of thiophene rings is 1. The molecule has 9 heteroatoms. The lowest BCUT2D eigenvalue weighted by atomic mass is 10.3. The number of rotatable bonds is 6. The fraction of sp³-hybridized carbons (Fsp3) is 0.200. The average molecular weight is 412 g/mol. The second-order valence-electron chi connectivity index (χ2n) is 6.04. The summed E-state index contributed by atoms with van der Waals surface area (Å²) in [6, 6.07) is 13.9. The number of ether oxygens (including phenoxy) is 1. The normalized spacial score (nSPS) is 11.5. The van der Waals surface area contributed by atoms with Gasteiger partial charge in [-0.05, 0) is 37.4 Å². The standard InChI is InChI=1S/C20H20N4O4S/c1-3-21-20(27)22-18(25)13(2)28-19(26)16-12-15(17-10-7-11-29-17)23-24(16)14-8-5-4-6-9-14/h4-13H,3H2,1-2H3,(H2,21,22,25,27)/t13-/m0/s1. The number of nitrogens with one attached hydrogen (secondary N) is 2. The van der Waals surface area contributed by atoms with Crippen LogP contribution in [0.2, 0.25) is 0 Å². The number of urea groups is 1. The molecule has 0 aliphatic carbocycles. The van der Waals surface area contributed by atoms with Gasteiger partial charge in [0.05, 0.1) is 10.6 Å². The number of esters is 1. The highest BCUT2D eigenvalue weighted by Gasteiger charge is 2.24. The molecule has 3 aromatic rings. The Balaban J connectivity index is 1.84. The van der Waals surface area contributed by atoms with Crippen LogP contribution in [0, 0.1) is 0 Å². The van der Waals surface area contributed by atoms with Crippen molar-refractivity contribution in [2.75, 3.05) is 6.54 Å². The molecule has 2 heterocycles. The van der Waals surface area contributed by atoms with Gasteiger partial charge in [-0.1, -0.05) is 24.3 Å². The van der Waals surface area contributed by atoms with Crippen molar-refractivity contribution in [3.05, 3.63) is 59.6 Å². The molecule has 1 aromatic carbocycles. The molecule has 0 aliphatic rings. The van der Waals surface area contributed by atoms with Crippen LogP contribution in [-0.2, 0) is 9.53 Å². The molecule has 2 aromatic heterocycles. The van der Waals surface area contributed by atoms with Gasteiger partial charge in [-0.3, -0.25) is 10.1 Å². The minimum absolute atomic E-state index is 0.178. The molecule has 0 unspecified atom stereocenters. The van der Waals surface area contributed by atoms with Crippen LogP contribution in [0.5, 0.6) is 0 Å². The van der Waals surface area contributed by atoms with Crippen LogP contribution in [0.25, 0.3) is 16.3 Å². The van der Waals surface area contributed by atoms with Gasteiger partial charge in [-0.15, -0.1) is 11.3 Å². The van der Waals surface area contributed by atoms with Gasteiger partial charge < -0.3 is 10.1 Å². The highest BCUT2D eigenvalue weighted by atomic mass is 32.1. The SMILES string of the molecule is CCNC(=O)NC(=O)[C@H](C)OC(=O)c1cc(-c2cccs2)nn1-c1ccccc1. The molecular formula is C20H20N4O4S. The number of nitrogens with zero attached hydrogens (tertiary/aromatic N) is 2. The Bertz CT molecular complexity index is 999. The first kappa shape index (κ1) is 20.3. The van der Waals surface area contributed by atoms with Gasteiger partial charge in [0.25, 0.3) is 5.91 Å². The highest BCUT2D eigenvalue weighted by molar-refractivity contribution is 7.13. The Hall–Kier alpha value is -3.46. The van der Waals surface area contributed by atoms with Gasteiger partial charge in [-0.25, -0.2) is 14.3 Å². The maximum Gasteiger partial charge on any atom is 0.357 e. The summed E-state index contributed by atoms with van der Waals surface area (Å²) in [5.74, 6) is -1.43. The van der Waals surface area contributed by atoms with Gasteiger partial charge >= 0.3 is 12.0 Å². The van der Waals surface area contributed by atoms with Crippen molar-refractivity contribution in [3.8, 4) is 16.3 Å². The molecule has 1 atom stereocenters. The summed E-state index contributed by atoms with van der Waals surface area (Å²) in [7, 11) is 0. The van der Waals surface area contributed by atoms with Crippen molar-refractivity contribution >= 4 is 29.2 Å². The summed E-state index contributed by atoms with van der Waals surface area (Å²) in [4.78, 5) is 37.2. The largest absolute Gasteiger partial charge is 0.448 e. The number of para-hydroxylation sites is 1. The molecule has 0 saturated heterocycles. The number of amides is 3. The third-order valence-corrected chi connectivity index (χ3v) is 4.81. The Morgan fingerprint density at radius 1 is 1.17 bits per heavy atom. The van der Waals surface area contributed by atoms with Crippen LogP contribution in [0.1, 0.15) is 24.3 Å². The topological polar surface area (TPSA) is 102 Å². The number of hydrogen-bond acceptors (Lipinski definition) is 6. The van der Waals surface area contributed by atoms with Crippen LogP contribution < -0.4 is 10.6 Å². The zero-order valence-electron chi connectivity index (χ0n) is 15.9. The molecule has 3 amide bonds. The third kappa shape index (κ3) is 4.88. The molecule has 0 spiro atoms. The Kier molecular flexibility index (Phi) is 6.40. The molecule has 8 nitrogen and oxygen atoms in total. The maximum absolute atomic E-state index is 12.8. The summed E-state index contributed by atoms with van der Waals surface area (Å²) < 4.78 is 6.76.